The van der Waals surface area contributed by atoms with Gasteiger partial charge in [0.05, 0.1) is 27.5 Å². The van der Waals surface area contributed by atoms with Crippen LogP contribution in [0.5, 0.6) is 0 Å². The van der Waals surface area contributed by atoms with E-state index in [1.807, 2.05) is 0 Å². The Kier molecular flexibility index (Phi) is 5.54. The van der Waals surface area contributed by atoms with Crippen LogP contribution in [-0.2, 0) is 14.6 Å². The average molecular weight is 476 g/mol. The maximum Gasteiger partial charge on any atom is 0.312 e. The van der Waals surface area contributed by atoms with Crippen molar-refractivity contribution in [1.29, 1.82) is 0 Å². The minimum absolute atomic E-state index is 0.0485. The molecule has 1 aliphatic rings. The van der Waals surface area contributed by atoms with Gasteiger partial charge in [0.2, 0.25) is 5.78 Å². The second kappa shape index (κ2) is 8.03. The number of carboxylic acids is 1. The molecule has 31 heavy (non-hydrogen) atoms. The molecule has 4 heterocycles. The molecule has 0 saturated carbocycles. The summed E-state index contributed by atoms with van der Waals surface area (Å²) < 4.78 is 27.2. The van der Waals surface area contributed by atoms with E-state index in [9.17, 15) is 27.9 Å². The molecule has 3 aromatic heterocycles. The molecule has 0 aliphatic carbocycles. The first-order valence-electron chi connectivity index (χ1n) is 9.22. The second-order valence-electron chi connectivity index (χ2n) is 7.05. The van der Waals surface area contributed by atoms with Gasteiger partial charge in [-0.2, -0.15) is 11.3 Å². The van der Waals surface area contributed by atoms with Gasteiger partial charge in [0.1, 0.15) is 5.69 Å². The van der Waals surface area contributed by atoms with Crippen LogP contribution < -0.4 is 0 Å². The summed E-state index contributed by atoms with van der Waals surface area (Å²) in [5.74, 6) is -3.60. The number of carbonyl (C=O) groups is 3. The van der Waals surface area contributed by atoms with Crippen LogP contribution in [0.25, 0.3) is 0 Å². The van der Waals surface area contributed by atoms with Crippen LogP contribution >= 0.6 is 22.7 Å². The van der Waals surface area contributed by atoms with E-state index in [2.05, 4.69) is 6.58 Å². The number of carbonyl (C=O) groups excluding carboxylic acids is 2. The Labute approximate surface area is 186 Å². The SMILES string of the molecule is C=CCS(=O)(=O)c1cc2n(c1C(=O)c1ccsc1)C(C(=O)c1cccs1)CC2C(=O)O. The van der Waals surface area contributed by atoms with Crippen LogP contribution in [0.1, 0.15) is 49.8 Å². The van der Waals surface area contributed by atoms with Crippen molar-refractivity contribution in [3.63, 3.8) is 0 Å². The standard InChI is InChI=1S/C21H17NO6S3/c1-2-8-31(27,28)17-10-14-13(21(25)26)9-15(20(24)16-4-3-6-30-16)22(14)18(17)19(23)12-5-7-29-11-12/h2-7,10-11,13,15H,1,8-9H2,(H,25,26). The van der Waals surface area contributed by atoms with E-state index >= 15 is 0 Å². The van der Waals surface area contributed by atoms with E-state index in [1.165, 1.54) is 39.4 Å². The number of sulfone groups is 1. The van der Waals surface area contributed by atoms with Gasteiger partial charge in [-0.25, -0.2) is 8.42 Å². The number of rotatable bonds is 8. The zero-order valence-electron chi connectivity index (χ0n) is 16.1. The monoisotopic (exact) mass is 475 g/mol. The Morgan fingerprint density at radius 3 is 2.61 bits per heavy atom. The lowest BCUT2D eigenvalue weighted by molar-refractivity contribution is -0.138. The number of Topliss-reactive ketones (excluding diaryl/α,β-unsaturated/α-hetero) is 1. The van der Waals surface area contributed by atoms with Crippen molar-refractivity contribution in [2.75, 3.05) is 5.75 Å². The number of carboxylic acid groups (broad SMARTS) is 1. The number of aliphatic carboxylic acids is 1. The zero-order valence-corrected chi connectivity index (χ0v) is 18.5. The predicted octanol–water partition coefficient (Wildman–Crippen LogP) is 3.80. The van der Waals surface area contributed by atoms with E-state index in [-0.39, 0.29) is 34.1 Å². The fourth-order valence-electron chi connectivity index (χ4n) is 3.84. The highest BCUT2D eigenvalue weighted by Gasteiger charge is 2.45. The lowest BCUT2D eigenvalue weighted by atomic mass is 9.98. The van der Waals surface area contributed by atoms with Crippen molar-refractivity contribution in [2.24, 2.45) is 0 Å². The van der Waals surface area contributed by atoms with Crippen LogP contribution in [0.2, 0.25) is 0 Å². The van der Waals surface area contributed by atoms with Gasteiger partial charge < -0.3 is 9.67 Å². The molecule has 0 bridgehead atoms. The molecule has 0 aromatic carbocycles. The number of hydrogen-bond acceptors (Lipinski definition) is 7. The first-order valence-corrected chi connectivity index (χ1v) is 12.7. The lowest BCUT2D eigenvalue weighted by Crippen LogP contribution is -2.22. The summed E-state index contributed by atoms with van der Waals surface area (Å²) in [6, 6.07) is 5.14. The van der Waals surface area contributed by atoms with E-state index in [1.54, 1.807) is 34.3 Å². The fraction of sp³-hybridized carbons (Fsp3) is 0.190. The molecule has 4 rings (SSSR count). The maximum atomic E-state index is 13.4. The molecule has 0 saturated heterocycles. The van der Waals surface area contributed by atoms with Gasteiger partial charge in [0, 0.05) is 16.6 Å². The summed E-state index contributed by atoms with van der Waals surface area (Å²) in [6.07, 6.45) is 1.16. The smallest absolute Gasteiger partial charge is 0.312 e. The molecular weight excluding hydrogens is 458 g/mol. The highest BCUT2D eigenvalue weighted by molar-refractivity contribution is 7.91. The highest BCUT2D eigenvalue weighted by Crippen LogP contribution is 2.44. The van der Waals surface area contributed by atoms with E-state index in [0.717, 1.165) is 0 Å². The molecule has 160 valence electrons. The van der Waals surface area contributed by atoms with E-state index in [0.29, 0.717) is 4.88 Å². The van der Waals surface area contributed by atoms with Crippen molar-refractivity contribution in [3.05, 3.63) is 74.9 Å². The molecule has 0 radical (unpaired) electrons. The molecule has 0 amide bonds. The Hall–Kier alpha value is -2.82. The van der Waals surface area contributed by atoms with Crippen molar-refractivity contribution < 1.29 is 27.9 Å². The summed E-state index contributed by atoms with van der Waals surface area (Å²) in [5, 5.41) is 14.8. The summed E-state index contributed by atoms with van der Waals surface area (Å²) in [4.78, 5) is 38.7. The van der Waals surface area contributed by atoms with Gasteiger partial charge in [0.25, 0.3) is 0 Å². The fourth-order valence-corrected chi connectivity index (χ4v) is 6.47. The summed E-state index contributed by atoms with van der Waals surface area (Å²) in [6.45, 7) is 3.46. The van der Waals surface area contributed by atoms with E-state index < -0.39 is 39.3 Å². The number of fused-ring (bicyclic) bond motifs is 1. The van der Waals surface area contributed by atoms with Crippen molar-refractivity contribution in [2.45, 2.75) is 23.3 Å². The van der Waals surface area contributed by atoms with Crippen molar-refractivity contribution in [1.82, 2.24) is 4.57 Å². The van der Waals surface area contributed by atoms with Gasteiger partial charge >= 0.3 is 5.97 Å². The molecule has 1 N–H and O–H groups in total. The third-order valence-corrected chi connectivity index (χ3v) is 8.42. The molecule has 2 unspecified atom stereocenters. The summed E-state index contributed by atoms with van der Waals surface area (Å²) >= 11 is 2.49. The molecule has 1 aliphatic heterocycles. The predicted molar refractivity (Wildman–Crippen MR) is 117 cm³/mol. The molecule has 0 fully saturated rings. The Morgan fingerprint density at radius 1 is 1.26 bits per heavy atom. The quantitative estimate of drug-likeness (QED) is 0.392. The van der Waals surface area contributed by atoms with Gasteiger partial charge in [0.15, 0.2) is 15.6 Å². The van der Waals surface area contributed by atoms with Crippen LogP contribution in [0.4, 0.5) is 0 Å². The van der Waals surface area contributed by atoms with Crippen LogP contribution in [0.15, 0.2) is 58.0 Å². The first kappa shape index (κ1) is 21.4. The largest absolute Gasteiger partial charge is 0.481 e. The third-order valence-electron chi connectivity index (χ3n) is 5.19. The highest BCUT2D eigenvalue weighted by atomic mass is 32.2. The lowest BCUT2D eigenvalue weighted by Gasteiger charge is -2.16. The van der Waals surface area contributed by atoms with Gasteiger partial charge in [-0.1, -0.05) is 12.1 Å². The van der Waals surface area contributed by atoms with Crippen molar-refractivity contribution >= 4 is 50.0 Å². The average Bonchev–Trinajstić information content (AvgIpc) is 3.51. The summed E-state index contributed by atoms with van der Waals surface area (Å²) in [7, 11) is -3.96. The molecule has 7 nitrogen and oxygen atoms in total. The minimum Gasteiger partial charge on any atom is -0.481 e. The van der Waals surface area contributed by atoms with Gasteiger partial charge in [-0.05, 0) is 35.4 Å². The van der Waals surface area contributed by atoms with Gasteiger partial charge in [-0.3, -0.25) is 14.4 Å². The molecule has 0 spiro atoms. The van der Waals surface area contributed by atoms with Crippen LogP contribution in [-0.4, -0.2) is 41.4 Å². The minimum atomic E-state index is -3.96. The molecule has 2 atom stereocenters. The zero-order chi connectivity index (χ0) is 22.3. The number of hydrogen-bond donors (Lipinski definition) is 1. The number of thiophene rings is 2. The molecule has 10 heteroatoms. The number of nitrogens with zero attached hydrogens (tertiary/aromatic N) is 1. The number of ketones is 2. The Balaban J connectivity index is 1.99. The Morgan fingerprint density at radius 2 is 2.03 bits per heavy atom. The van der Waals surface area contributed by atoms with E-state index in [4.69, 9.17) is 0 Å². The maximum absolute atomic E-state index is 13.4. The molecule has 3 aromatic rings. The molecular formula is C21H17NO6S3. The second-order valence-corrected chi connectivity index (χ2v) is 10.8. The topological polar surface area (TPSA) is 111 Å². The third kappa shape index (κ3) is 3.60. The first-order chi connectivity index (χ1) is 14.8. The summed E-state index contributed by atoms with van der Waals surface area (Å²) in [5.41, 5.74) is 0.250. The number of aromatic nitrogens is 1. The van der Waals surface area contributed by atoms with Crippen LogP contribution in [0, 0.1) is 0 Å². The van der Waals surface area contributed by atoms with Gasteiger partial charge in [-0.15, -0.1) is 17.9 Å². The Bertz CT molecular complexity index is 1280. The normalized spacial score (nSPS) is 17.9. The van der Waals surface area contributed by atoms with Crippen LogP contribution in [0.3, 0.4) is 0 Å². The van der Waals surface area contributed by atoms with Crippen molar-refractivity contribution in [3.8, 4) is 0 Å².